The molecule has 0 saturated heterocycles. The summed E-state index contributed by atoms with van der Waals surface area (Å²) in [4.78, 5) is 14.0. The molecule has 0 aromatic heterocycles. The zero-order valence-electron chi connectivity index (χ0n) is 80.4. The lowest BCUT2D eigenvalue weighted by atomic mass is 9.98. The molecule has 0 bridgehead atoms. The van der Waals surface area contributed by atoms with Gasteiger partial charge in [0, 0.05) is 102 Å². The van der Waals surface area contributed by atoms with Gasteiger partial charge in [0.15, 0.2) is 0 Å². The first-order chi connectivity index (χ1) is 69.0. The molecule has 140 heavy (non-hydrogen) atoms. The first-order valence-corrected chi connectivity index (χ1v) is 49.2. The first-order valence-electron chi connectivity index (χ1n) is 49.2. The number of hydrogen-bond acceptors (Lipinski definition) is 6. The molecule has 6 heteroatoms. The van der Waals surface area contributed by atoms with Crippen LogP contribution in [0.5, 0.6) is 0 Å². The summed E-state index contributed by atoms with van der Waals surface area (Å²) in [6.45, 7) is 13.6. The molecular formula is C134H116N6. The van der Waals surface area contributed by atoms with Crippen LogP contribution in [0.3, 0.4) is 0 Å². The van der Waals surface area contributed by atoms with Crippen molar-refractivity contribution < 1.29 is 0 Å². The zero-order valence-corrected chi connectivity index (χ0v) is 80.4. The molecular weight excluding hydrogens is 1690 g/mol. The van der Waals surface area contributed by atoms with Gasteiger partial charge in [-0.15, -0.1) is 0 Å². The molecule has 21 aromatic carbocycles. The molecule has 0 aliphatic heterocycles. The minimum atomic E-state index is 0.540. The van der Waals surface area contributed by atoms with E-state index in [1.165, 1.54) is 82.7 Å². The summed E-state index contributed by atoms with van der Waals surface area (Å²) in [5.74, 6) is 1.62. The van der Waals surface area contributed by atoms with Gasteiger partial charge in [-0.1, -0.05) is 369 Å². The van der Waals surface area contributed by atoms with Crippen LogP contribution in [0.15, 0.2) is 540 Å². The predicted octanol–water partition coefficient (Wildman–Crippen LogP) is 39.4. The van der Waals surface area contributed by atoms with Crippen molar-refractivity contribution in [3.05, 3.63) is 557 Å². The van der Waals surface area contributed by atoms with E-state index in [1.54, 1.807) is 0 Å². The lowest BCUT2D eigenvalue weighted by molar-refractivity contribution is 0.733. The summed E-state index contributed by atoms with van der Waals surface area (Å²) in [6.07, 6.45) is 3.39. The summed E-state index contributed by atoms with van der Waals surface area (Å²) in [5.41, 5.74) is 34.0. The van der Waals surface area contributed by atoms with Crippen LogP contribution in [0, 0.1) is 0 Å². The Labute approximate surface area is 827 Å². The molecule has 682 valence electrons. The van der Waals surface area contributed by atoms with E-state index in [9.17, 15) is 0 Å². The Balaban J connectivity index is 0.000000134. The van der Waals surface area contributed by atoms with Crippen molar-refractivity contribution >= 4 is 124 Å². The minimum absolute atomic E-state index is 0.540. The summed E-state index contributed by atoms with van der Waals surface area (Å²) < 4.78 is 0. The molecule has 21 aromatic rings. The van der Waals surface area contributed by atoms with E-state index < -0.39 is 0 Å². The molecule has 21 rings (SSSR count). The highest BCUT2D eigenvalue weighted by molar-refractivity contribution is 6.00. The number of nitrogens with zero attached hydrogens (tertiary/aromatic N) is 6. The predicted molar refractivity (Wildman–Crippen MR) is 600 cm³/mol. The van der Waals surface area contributed by atoms with Crippen molar-refractivity contribution in [2.45, 2.75) is 78.6 Å². The zero-order chi connectivity index (χ0) is 95.3. The Morgan fingerprint density at radius 2 is 0.329 bits per heavy atom. The Bertz CT molecular complexity index is 7400. The molecule has 0 spiro atoms. The normalized spacial score (nSPS) is 11.6. The fraction of sp³-hybridized carbons (Fsp3) is 0.0896. The van der Waals surface area contributed by atoms with Gasteiger partial charge in [-0.2, -0.15) is 0 Å². The molecule has 6 nitrogen and oxygen atoms in total. The van der Waals surface area contributed by atoms with Crippen LogP contribution in [0.25, 0.3) is 66.1 Å². The molecule has 0 heterocycles. The van der Waals surface area contributed by atoms with E-state index in [0.717, 1.165) is 122 Å². The average molecular weight is 1810 g/mol. The van der Waals surface area contributed by atoms with E-state index in [1.807, 2.05) is 0 Å². The summed E-state index contributed by atoms with van der Waals surface area (Å²) >= 11 is 0. The monoisotopic (exact) mass is 1810 g/mol. The van der Waals surface area contributed by atoms with Crippen molar-refractivity contribution in [2.24, 2.45) is 0 Å². The van der Waals surface area contributed by atoms with Crippen LogP contribution >= 0.6 is 0 Å². The molecule has 0 aliphatic carbocycles. The van der Waals surface area contributed by atoms with Crippen molar-refractivity contribution in [3.8, 4) is 44.5 Å². The number of rotatable bonds is 28. The van der Waals surface area contributed by atoms with E-state index in [4.69, 9.17) is 0 Å². The maximum absolute atomic E-state index is 2.37. The SMILES string of the molecule is CCC(C)c1ccc(N(c2ccccc2)c2ccc(N(c3ccc(-c4ccccc4)cc3)c3ccc(-c4ccccc4)cc3)cc2)cc1.CCC(C)c1ccc(N(c2ccccc2)c2ccc(N(c3ccc(-c4ccccc4)cc3)c3ccc4ccccc4c3)cc2)cc1.CCC(C)c1ccc(N(c2ccccc2)c2ccc(N(c3ccc(-c4ccccc4)cc3)c3cccc4ccccc34)cc2)cc1. The highest BCUT2D eigenvalue weighted by atomic mass is 15.2. The summed E-state index contributed by atoms with van der Waals surface area (Å²) in [6, 6.07) is 194. The topological polar surface area (TPSA) is 19.4 Å². The van der Waals surface area contributed by atoms with Crippen LogP contribution in [0.1, 0.15) is 95.2 Å². The standard InChI is InChI=1S/C46H40N2.2C44H38N2/c1-3-35(2)36-19-25-42(26-20-36)47(41-17-11-6-12-18-41)45-31-33-46(34-32-45)48(43-27-21-39(22-28-43)37-13-7-4-8-14-37)44-29-23-40(24-30-44)38-15-9-5-10-16-38;1-3-33(2)34-21-25-39(26-22-34)45(38-17-8-5-9-18-38)40-29-31-42(32-30-40)46(44-20-12-16-37-15-10-11-19-43(37)44)41-27-23-36(24-28-41)35-13-6-4-7-14-35;1-3-33(2)34-18-23-40(24-19-34)45(39-16-8-5-9-17-39)42-28-30-43(31-29-42)46(44-27-22-36-14-10-11-15-38(36)32-44)41-25-20-37(21-26-41)35-12-6-4-7-13-35/h4-35H,3H2,1-2H3;2*4-33H,3H2,1-2H3. The van der Waals surface area contributed by atoms with Gasteiger partial charge in [0.1, 0.15) is 0 Å². The second kappa shape index (κ2) is 44.2. The van der Waals surface area contributed by atoms with Gasteiger partial charge >= 0.3 is 0 Å². The average Bonchev–Trinajstić information content (AvgIpc) is 0.715. The Morgan fingerprint density at radius 3 is 0.600 bits per heavy atom. The number of fused-ring (bicyclic) bond motifs is 2. The summed E-state index contributed by atoms with van der Waals surface area (Å²) in [5, 5.41) is 4.89. The number of para-hydroxylation sites is 3. The lowest BCUT2D eigenvalue weighted by Gasteiger charge is -2.29. The van der Waals surface area contributed by atoms with E-state index >= 15 is 0 Å². The first kappa shape index (κ1) is 92.0. The van der Waals surface area contributed by atoms with Crippen molar-refractivity contribution in [3.63, 3.8) is 0 Å². The lowest BCUT2D eigenvalue weighted by Crippen LogP contribution is -2.12. The maximum atomic E-state index is 2.37. The van der Waals surface area contributed by atoms with Gasteiger partial charge in [0.05, 0.1) is 5.69 Å². The van der Waals surface area contributed by atoms with Crippen LogP contribution in [-0.2, 0) is 0 Å². The number of hydrogen-bond donors (Lipinski definition) is 0. The second-order valence-electron chi connectivity index (χ2n) is 36.0. The quantitative estimate of drug-likeness (QED) is 0.0483. The van der Waals surface area contributed by atoms with Crippen LogP contribution in [0.2, 0.25) is 0 Å². The van der Waals surface area contributed by atoms with E-state index in [2.05, 4.69) is 611 Å². The smallest absolute Gasteiger partial charge is 0.0540 e. The fourth-order valence-electron chi connectivity index (χ4n) is 18.7. The highest BCUT2D eigenvalue weighted by Crippen LogP contribution is 2.47. The van der Waals surface area contributed by atoms with E-state index in [-0.39, 0.29) is 0 Å². The molecule has 0 N–H and O–H groups in total. The van der Waals surface area contributed by atoms with Crippen molar-refractivity contribution in [2.75, 3.05) is 29.4 Å². The third-order valence-electron chi connectivity index (χ3n) is 27.1. The van der Waals surface area contributed by atoms with Crippen LogP contribution in [-0.4, -0.2) is 0 Å². The largest absolute Gasteiger partial charge is 0.311 e. The molecule has 0 amide bonds. The van der Waals surface area contributed by atoms with Gasteiger partial charge in [0.2, 0.25) is 0 Å². The summed E-state index contributed by atoms with van der Waals surface area (Å²) in [7, 11) is 0. The Morgan fingerprint density at radius 1 is 0.143 bits per heavy atom. The maximum Gasteiger partial charge on any atom is 0.0540 e. The third kappa shape index (κ3) is 21.3. The Kier molecular flexibility index (Phi) is 29.0. The molecule has 0 fully saturated rings. The minimum Gasteiger partial charge on any atom is -0.311 e. The highest BCUT2D eigenvalue weighted by Gasteiger charge is 2.24. The molecule has 3 unspecified atom stereocenters. The number of anilines is 18. The molecule has 0 radical (unpaired) electrons. The molecule has 3 atom stereocenters. The van der Waals surface area contributed by atoms with Gasteiger partial charge in [-0.25, -0.2) is 0 Å². The van der Waals surface area contributed by atoms with Crippen LogP contribution in [0.4, 0.5) is 102 Å². The fourth-order valence-corrected chi connectivity index (χ4v) is 18.7. The van der Waals surface area contributed by atoms with E-state index in [0.29, 0.717) is 17.8 Å². The van der Waals surface area contributed by atoms with Gasteiger partial charge in [0.25, 0.3) is 0 Å². The van der Waals surface area contributed by atoms with Gasteiger partial charge in [-0.3, -0.25) is 0 Å². The molecule has 0 saturated carbocycles. The third-order valence-corrected chi connectivity index (χ3v) is 27.1. The van der Waals surface area contributed by atoms with Gasteiger partial charge < -0.3 is 29.4 Å². The van der Waals surface area contributed by atoms with Gasteiger partial charge in [-0.05, 0) is 327 Å². The van der Waals surface area contributed by atoms with Crippen LogP contribution < -0.4 is 29.4 Å². The number of benzene rings is 21. The van der Waals surface area contributed by atoms with Crippen molar-refractivity contribution in [1.29, 1.82) is 0 Å². The second-order valence-corrected chi connectivity index (χ2v) is 36.0. The molecule has 0 aliphatic rings. The Hall–Kier alpha value is -17.1. The van der Waals surface area contributed by atoms with Crippen molar-refractivity contribution in [1.82, 2.24) is 0 Å².